The van der Waals surface area contributed by atoms with Gasteiger partial charge in [0.05, 0.1) is 0 Å². The summed E-state index contributed by atoms with van der Waals surface area (Å²) in [4.78, 5) is 14.6. The van der Waals surface area contributed by atoms with E-state index < -0.39 is 0 Å². The van der Waals surface area contributed by atoms with Crippen molar-refractivity contribution in [1.29, 1.82) is 0 Å². The molecule has 0 aliphatic rings. The van der Waals surface area contributed by atoms with Gasteiger partial charge in [-0.3, -0.25) is 0 Å². The molecule has 57 heavy (non-hydrogen) atoms. The molecule has 3 heteroatoms. The summed E-state index contributed by atoms with van der Waals surface area (Å²) in [5.74, 6) is 3.05. The first-order chi connectivity index (χ1) is 28.3. The van der Waals surface area contributed by atoms with Crippen LogP contribution in [0, 0.1) is 6.92 Å². The van der Waals surface area contributed by atoms with Gasteiger partial charge >= 0.3 is 0 Å². The zero-order valence-corrected chi connectivity index (χ0v) is 39.5. The zero-order valence-electron chi connectivity index (χ0n) is 39.5. The third-order valence-corrected chi connectivity index (χ3v) is 12.7. The molecule has 0 saturated heterocycles. The van der Waals surface area contributed by atoms with E-state index in [4.69, 9.17) is 15.0 Å². The van der Waals surface area contributed by atoms with Gasteiger partial charge in [0.25, 0.3) is 0 Å². The van der Waals surface area contributed by atoms with Crippen LogP contribution in [0.1, 0.15) is 320 Å². The van der Waals surface area contributed by atoms with Crippen LogP contribution >= 0.6 is 0 Å². The summed E-state index contributed by atoms with van der Waals surface area (Å²) in [6.45, 7) is 8.68. The minimum absolute atomic E-state index is 0.863. The fourth-order valence-corrected chi connectivity index (χ4v) is 8.80. The highest BCUT2D eigenvalue weighted by Gasteiger charge is 2.07. The summed E-state index contributed by atoms with van der Waals surface area (Å²) >= 11 is 0. The molecule has 0 amide bonds. The fraction of sp³-hybridized carbons (Fsp3) is 0.926. The Bertz CT molecular complexity index is 833. The lowest BCUT2D eigenvalue weighted by molar-refractivity contribution is 0.518. The first kappa shape index (κ1) is 54.0. The molecule has 0 spiro atoms. The maximum absolute atomic E-state index is 4.92. The minimum Gasteiger partial charge on any atom is -0.218 e. The van der Waals surface area contributed by atoms with E-state index in [9.17, 15) is 0 Å². The molecule has 3 nitrogen and oxygen atoms in total. The van der Waals surface area contributed by atoms with E-state index in [0.717, 1.165) is 43.2 Å². The van der Waals surface area contributed by atoms with E-state index in [1.165, 1.54) is 283 Å². The monoisotopic (exact) mass is 795 g/mol. The summed E-state index contributed by atoms with van der Waals surface area (Å²) in [7, 11) is 0. The SMILES string of the molecule is [CH2]CCc1nc(CCCCCCCCCCCCCCCCCCCCCCCC)nc(CCCCCCCCCCCCCCCCCCCCCCCC)n1. The second-order valence-electron chi connectivity index (χ2n) is 18.5. The number of rotatable bonds is 48. The van der Waals surface area contributed by atoms with E-state index in [0.29, 0.717) is 0 Å². The molecule has 0 fully saturated rings. The van der Waals surface area contributed by atoms with E-state index in [1.807, 2.05) is 0 Å². The summed E-state index contributed by atoms with van der Waals surface area (Å²) in [5.41, 5.74) is 0. The van der Waals surface area contributed by atoms with Crippen LogP contribution in [0.2, 0.25) is 0 Å². The number of unbranched alkanes of at least 4 members (excludes halogenated alkanes) is 42. The van der Waals surface area contributed by atoms with Gasteiger partial charge in [-0.25, -0.2) is 15.0 Å². The Morgan fingerprint density at radius 3 is 0.561 bits per heavy atom. The van der Waals surface area contributed by atoms with Crippen LogP contribution in [-0.2, 0) is 19.3 Å². The van der Waals surface area contributed by atoms with E-state index in [1.54, 1.807) is 0 Å². The third kappa shape index (κ3) is 40.2. The Labute approximate surface area is 360 Å². The maximum atomic E-state index is 4.92. The van der Waals surface area contributed by atoms with Gasteiger partial charge in [-0.1, -0.05) is 290 Å². The van der Waals surface area contributed by atoms with Crippen molar-refractivity contribution in [3.8, 4) is 0 Å². The Kier molecular flexibility index (Phi) is 43.7. The molecule has 0 N–H and O–H groups in total. The van der Waals surface area contributed by atoms with Crippen LogP contribution < -0.4 is 0 Å². The summed E-state index contributed by atoms with van der Waals surface area (Å²) in [6.07, 6.45) is 66.7. The number of aromatic nitrogens is 3. The van der Waals surface area contributed by atoms with Gasteiger partial charge < -0.3 is 0 Å². The average molecular weight is 795 g/mol. The first-order valence-corrected chi connectivity index (χ1v) is 26.8. The molecule has 1 aromatic heterocycles. The quantitative estimate of drug-likeness (QED) is 0.0617. The Morgan fingerprint density at radius 1 is 0.228 bits per heavy atom. The predicted octanol–water partition coefficient (Wildman–Crippen LogP) is 18.9. The standard InChI is InChI=1S/C54H104N3/c1-4-7-9-11-13-15-17-19-21-23-25-27-29-31-33-35-37-39-41-43-45-47-50-53-55-52(49-6-3)56-54(57-53)51-48-46-44-42-40-38-36-34-32-30-28-26-24-22-20-18-16-14-12-10-8-5-2/h3-51H2,1-2H3. The van der Waals surface area contributed by atoms with Gasteiger partial charge in [-0.15, -0.1) is 0 Å². The second-order valence-corrected chi connectivity index (χ2v) is 18.5. The smallest absolute Gasteiger partial charge is 0.132 e. The van der Waals surface area contributed by atoms with Crippen LogP contribution in [0.5, 0.6) is 0 Å². The summed E-state index contributed by atoms with van der Waals surface area (Å²) < 4.78 is 0. The average Bonchev–Trinajstić information content (AvgIpc) is 3.21. The van der Waals surface area contributed by atoms with Gasteiger partial charge in [-0.05, 0) is 19.3 Å². The van der Waals surface area contributed by atoms with Crippen molar-refractivity contribution in [3.05, 3.63) is 24.4 Å². The molecule has 335 valence electrons. The topological polar surface area (TPSA) is 38.7 Å². The van der Waals surface area contributed by atoms with Gasteiger partial charge in [0.2, 0.25) is 0 Å². The molecule has 1 heterocycles. The number of hydrogen-bond acceptors (Lipinski definition) is 3. The number of hydrogen-bond donors (Lipinski definition) is 0. The van der Waals surface area contributed by atoms with Gasteiger partial charge in [0, 0.05) is 19.3 Å². The molecule has 0 unspecified atom stereocenters. The van der Waals surface area contributed by atoms with Crippen molar-refractivity contribution in [2.45, 2.75) is 322 Å². The highest BCUT2D eigenvalue weighted by atomic mass is 15.0. The van der Waals surface area contributed by atoms with Gasteiger partial charge in [-0.2, -0.15) is 0 Å². The Morgan fingerprint density at radius 2 is 0.386 bits per heavy atom. The van der Waals surface area contributed by atoms with Crippen LogP contribution in [0.4, 0.5) is 0 Å². The van der Waals surface area contributed by atoms with Crippen molar-refractivity contribution in [1.82, 2.24) is 15.0 Å². The predicted molar refractivity (Wildman–Crippen MR) is 255 cm³/mol. The number of aryl methyl sites for hydroxylation is 3. The molecule has 1 rings (SSSR count). The van der Waals surface area contributed by atoms with E-state index in [-0.39, 0.29) is 0 Å². The van der Waals surface area contributed by atoms with Crippen LogP contribution in [0.3, 0.4) is 0 Å². The van der Waals surface area contributed by atoms with Crippen LogP contribution in [-0.4, -0.2) is 15.0 Å². The molecule has 0 aliphatic carbocycles. The minimum atomic E-state index is 0.863. The molecule has 0 aromatic carbocycles. The van der Waals surface area contributed by atoms with Crippen LogP contribution in [0.15, 0.2) is 0 Å². The lowest BCUT2D eigenvalue weighted by atomic mass is 10.0. The third-order valence-electron chi connectivity index (χ3n) is 12.7. The summed E-state index contributed by atoms with van der Waals surface area (Å²) in [6, 6.07) is 0. The summed E-state index contributed by atoms with van der Waals surface area (Å²) in [5, 5.41) is 0. The molecular formula is C54H104N3. The number of nitrogens with zero attached hydrogens (tertiary/aromatic N) is 3. The second kappa shape index (κ2) is 46.1. The molecular weight excluding hydrogens is 691 g/mol. The first-order valence-electron chi connectivity index (χ1n) is 26.8. The molecule has 0 aliphatic heterocycles. The fourth-order valence-electron chi connectivity index (χ4n) is 8.80. The largest absolute Gasteiger partial charge is 0.218 e. The van der Waals surface area contributed by atoms with Crippen molar-refractivity contribution in [2.75, 3.05) is 0 Å². The zero-order chi connectivity index (χ0) is 40.8. The van der Waals surface area contributed by atoms with Crippen molar-refractivity contribution >= 4 is 0 Å². The van der Waals surface area contributed by atoms with E-state index >= 15 is 0 Å². The normalized spacial score (nSPS) is 11.6. The van der Waals surface area contributed by atoms with Crippen molar-refractivity contribution in [2.24, 2.45) is 0 Å². The van der Waals surface area contributed by atoms with Gasteiger partial charge in [0.15, 0.2) is 0 Å². The van der Waals surface area contributed by atoms with Crippen LogP contribution in [0.25, 0.3) is 0 Å². The lowest BCUT2D eigenvalue weighted by Crippen LogP contribution is -2.08. The van der Waals surface area contributed by atoms with Crippen molar-refractivity contribution < 1.29 is 0 Å². The maximum Gasteiger partial charge on any atom is 0.132 e. The highest BCUT2D eigenvalue weighted by molar-refractivity contribution is 4.99. The molecule has 1 radical (unpaired) electrons. The molecule has 1 aromatic rings. The highest BCUT2D eigenvalue weighted by Crippen LogP contribution is 2.18. The molecule has 0 bridgehead atoms. The Hall–Kier alpha value is -0.990. The Balaban J connectivity index is 1.92. The lowest BCUT2D eigenvalue weighted by Gasteiger charge is -2.08. The van der Waals surface area contributed by atoms with E-state index in [2.05, 4.69) is 20.8 Å². The molecule has 0 atom stereocenters. The van der Waals surface area contributed by atoms with Gasteiger partial charge in [0.1, 0.15) is 17.5 Å². The van der Waals surface area contributed by atoms with Crippen molar-refractivity contribution in [3.63, 3.8) is 0 Å². The molecule has 0 saturated carbocycles.